The highest BCUT2D eigenvalue weighted by molar-refractivity contribution is 5.81. The zero-order chi connectivity index (χ0) is 13.6. The molecule has 0 bridgehead atoms. The number of hydrogen-bond donors (Lipinski definition) is 1. The maximum absolute atomic E-state index is 13.1. The molecule has 2 rings (SSSR count). The van der Waals surface area contributed by atoms with Gasteiger partial charge in [0.25, 0.3) is 5.56 Å². The largest absolute Gasteiger partial charge is 0.458 e. The lowest BCUT2D eigenvalue weighted by atomic mass is 10.0. The monoisotopic (exact) mass is 264 g/mol. The molecule has 1 heterocycles. The lowest BCUT2D eigenvalue weighted by molar-refractivity contribution is -0.289. The smallest absolute Gasteiger partial charge is 0.267 e. The number of nitrogens with one attached hydrogen (secondary N) is 1. The lowest BCUT2D eigenvalue weighted by Gasteiger charge is -2.19. The number of nitrogens with zero attached hydrogens (tertiary/aromatic N) is 1. The first kappa shape index (κ1) is 12.5. The Morgan fingerprint density at radius 2 is 1.78 bits per heavy atom. The number of alkyl halides is 5. The topological polar surface area (TPSA) is 45.8 Å². The quantitative estimate of drug-likeness (QED) is 0.804. The van der Waals surface area contributed by atoms with Crippen molar-refractivity contribution in [3.05, 3.63) is 40.3 Å². The Labute approximate surface area is 96.2 Å². The molecule has 0 aliphatic heterocycles. The number of halogens is 5. The molecule has 1 aromatic heterocycles. The molecule has 0 aliphatic carbocycles. The first-order chi connectivity index (χ1) is 8.23. The van der Waals surface area contributed by atoms with Crippen LogP contribution in [0, 0.1) is 0 Å². The molecule has 3 nitrogen and oxygen atoms in total. The van der Waals surface area contributed by atoms with Crippen molar-refractivity contribution in [2.75, 3.05) is 0 Å². The molecule has 0 spiro atoms. The van der Waals surface area contributed by atoms with Crippen molar-refractivity contribution in [2.45, 2.75) is 12.1 Å². The van der Waals surface area contributed by atoms with E-state index in [1.54, 1.807) is 0 Å². The van der Waals surface area contributed by atoms with Gasteiger partial charge in [0.2, 0.25) is 0 Å². The molecule has 0 amide bonds. The van der Waals surface area contributed by atoms with Crippen molar-refractivity contribution >= 4 is 10.8 Å². The Bertz CT molecular complexity index is 646. The average Bonchev–Trinajstić information content (AvgIpc) is 2.27. The third kappa shape index (κ3) is 1.83. The van der Waals surface area contributed by atoms with E-state index in [-0.39, 0.29) is 10.8 Å². The van der Waals surface area contributed by atoms with E-state index in [1.807, 2.05) is 5.10 Å². The highest BCUT2D eigenvalue weighted by atomic mass is 19.4. The van der Waals surface area contributed by atoms with Crippen LogP contribution in [-0.4, -0.2) is 16.4 Å². The number of hydrogen-bond acceptors (Lipinski definition) is 2. The van der Waals surface area contributed by atoms with Crippen LogP contribution in [0.25, 0.3) is 10.8 Å². The normalized spacial score (nSPS) is 12.9. The first-order valence-corrected chi connectivity index (χ1v) is 4.66. The van der Waals surface area contributed by atoms with Gasteiger partial charge in [-0.2, -0.15) is 27.1 Å². The molecule has 0 aliphatic rings. The fourth-order valence-corrected chi connectivity index (χ4v) is 1.46. The van der Waals surface area contributed by atoms with Gasteiger partial charge in [-0.05, 0) is 12.1 Å². The van der Waals surface area contributed by atoms with Crippen molar-refractivity contribution in [1.29, 1.82) is 0 Å². The first-order valence-electron chi connectivity index (χ1n) is 4.66. The van der Waals surface area contributed by atoms with Gasteiger partial charge >= 0.3 is 12.1 Å². The second kappa shape index (κ2) is 3.76. The molecule has 2 aromatic rings. The van der Waals surface area contributed by atoms with Gasteiger partial charge in [-0.25, -0.2) is 5.10 Å². The van der Waals surface area contributed by atoms with Gasteiger partial charge in [-0.1, -0.05) is 6.07 Å². The van der Waals surface area contributed by atoms with Crippen LogP contribution >= 0.6 is 0 Å². The van der Waals surface area contributed by atoms with Gasteiger partial charge in [0.1, 0.15) is 0 Å². The van der Waals surface area contributed by atoms with Gasteiger partial charge in [0.05, 0.1) is 11.6 Å². The van der Waals surface area contributed by atoms with Crippen LogP contribution in [0.15, 0.2) is 29.2 Å². The molecule has 18 heavy (non-hydrogen) atoms. The number of rotatable bonds is 1. The Hall–Kier alpha value is -1.99. The van der Waals surface area contributed by atoms with Crippen LogP contribution in [-0.2, 0) is 5.92 Å². The van der Waals surface area contributed by atoms with E-state index in [1.165, 1.54) is 0 Å². The lowest BCUT2D eigenvalue weighted by Crippen LogP contribution is -2.33. The highest BCUT2D eigenvalue weighted by Crippen LogP contribution is 2.44. The Morgan fingerprint density at radius 1 is 1.11 bits per heavy atom. The summed E-state index contributed by atoms with van der Waals surface area (Å²) >= 11 is 0. The van der Waals surface area contributed by atoms with E-state index in [4.69, 9.17) is 0 Å². The number of H-pyrrole nitrogens is 1. The van der Waals surface area contributed by atoms with Gasteiger partial charge in [0.15, 0.2) is 0 Å². The summed E-state index contributed by atoms with van der Waals surface area (Å²) < 4.78 is 62.6. The predicted molar refractivity (Wildman–Crippen MR) is 52.3 cm³/mol. The number of aromatic amines is 1. The van der Waals surface area contributed by atoms with Crippen LogP contribution in [0.5, 0.6) is 0 Å². The van der Waals surface area contributed by atoms with Crippen molar-refractivity contribution in [3.8, 4) is 0 Å². The summed E-state index contributed by atoms with van der Waals surface area (Å²) in [7, 11) is 0. The minimum Gasteiger partial charge on any atom is -0.267 e. The standard InChI is InChI=1S/C10H5F5N2O/c11-9(12,10(13,14)15)6-1-2-7-5(3-6)4-16-17-8(7)18/h1-4H,(H,17,18). The SMILES string of the molecule is O=c1[nH]ncc2cc(C(F)(F)C(F)(F)F)ccc12. The molecule has 8 heteroatoms. The summed E-state index contributed by atoms with van der Waals surface area (Å²) in [6, 6.07) is 2.08. The summed E-state index contributed by atoms with van der Waals surface area (Å²) in [5, 5.41) is 5.29. The van der Waals surface area contributed by atoms with E-state index in [2.05, 4.69) is 5.10 Å². The van der Waals surface area contributed by atoms with Gasteiger partial charge < -0.3 is 0 Å². The Kier molecular flexibility index (Phi) is 2.60. The van der Waals surface area contributed by atoms with Crippen molar-refractivity contribution in [3.63, 3.8) is 0 Å². The van der Waals surface area contributed by atoms with Gasteiger partial charge in [-0.15, -0.1) is 0 Å². The van der Waals surface area contributed by atoms with Crippen LogP contribution in [0.3, 0.4) is 0 Å². The van der Waals surface area contributed by atoms with E-state index in [0.29, 0.717) is 12.1 Å². The van der Waals surface area contributed by atoms with E-state index < -0.39 is 23.2 Å². The minimum atomic E-state index is -5.69. The zero-order valence-electron chi connectivity index (χ0n) is 8.55. The van der Waals surface area contributed by atoms with Crippen LogP contribution in [0.2, 0.25) is 0 Å². The maximum atomic E-state index is 13.1. The van der Waals surface area contributed by atoms with Crippen LogP contribution < -0.4 is 5.56 Å². The number of benzene rings is 1. The average molecular weight is 264 g/mol. The highest BCUT2D eigenvalue weighted by Gasteiger charge is 2.58. The fourth-order valence-electron chi connectivity index (χ4n) is 1.46. The molecule has 0 fully saturated rings. The third-order valence-electron chi connectivity index (χ3n) is 2.38. The molecule has 0 atom stereocenters. The molecule has 0 unspecified atom stereocenters. The molecule has 0 radical (unpaired) electrons. The minimum absolute atomic E-state index is 0.00766. The summed E-state index contributed by atoms with van der Waals surface area (Å²) in [5.41, 5.74) is -1.88. The molecule has 0 saturated heterocycles. The molecular weight excluding hydrogens is 259 g/mol. The molecule has 1 aromatic carbocycles. The number of fused-ring (bicyclic) bond motifs is 1. The van der Waals surface area contributed by atoms with Crippen LogP contribution in [0.1, 0.15) is 5.56 Å². The molecule has 0 saturated carbocycles. The number of aromatic nitrogens is 2. The third-order valence-corrected chi connectivity index (χ3v) is 2.38. The predicted octanol–water partition coefficient (Wildman–Crippen LogP) is 2.58. The van der Waals surface area contributed by atoms with Gasteiger partial charge in [0, 0.05) is 10.9 Å². The Balaban J connectivity index is 2.65. The molecule has 96 valence electrons. The zero-order valence-corrected chi connectivity index (χ0v) is 8.55. The summed E-state index contributed by atoms with van der Waals surface area (Å²) in [6.07, 6.45) is -4.68. The summed E-state index contributed by atoms with van der Waals surface area (Å²) in [6.45, 7) is 0. The molecule has 1 N–H and O–H groups in total. The summed E-state index contributed by atoms with van der Waals surface area (Å²) in [5.74, 6) is -4.97. The Morgan fingerprint density at radius 3 is 2.39 bits per heavy atom. The second-order valence-electron chi connectivity index (χ2n) is 3.57. The van der Waals surface area contributed by atoms with Gasteiger partial charge in [-0.3, -0.25) is 4.79 Å². The summed E-state index contributed by atoms with van der Waals surface area (Å²) in [4.78, 5) is 11.2. The maximum Gasteiger partial charge on any atom is 0.458 e. The van der Waals surface area contributed by atoms with Crippen molar-refractivity contribution in [1.82, 2.24) is 10.2 Å². The molecular formula is C10H5F5N2O. The van der Waals surface area contributed by atoms with E-state index >= 15 is 0 Å². The van der Waals surface area contributed by atoms with Crippen molar-refractivity contribution < 1.29 is 22.0 Å². The second-order valence-corrected chi connectivity index (χ2v) is 3.57. The van der Waals surface area contributed by atoms with E-state index in [0.717, 1.165) is 12.3 Å². The van der Waals surface area contributed by atoms with Crippen LogP contribution in [0.4, 0.5) is 22.0 Å². The fraction of sp³-hybridized carbons (Fsp3) is 0.200. The van der Waals surface area contributed by atoms with E-state index in [9.17, 15) is 26.7 Å². The van der Waals surface area contributed by atoms with Crippen molar-refractivity contribution in [2.24, 2.45) is 0 Å².